The van der Waals surface area contributed by atoms with Crippen LogP contribution in [0, 0.1) is 11.7 Å². The largest absolute Gasteiger partial charge is 0.501 e. The van der Waals surface area contributed by atoms with Crippen molar-refractivity contribution in [3.63, 3.8) is 0 Å². The van der Waals surface area contributed by atoms with Gasteiger partial charge >= 0.3 is 11.8 Å². The van der Waals surface area contributed by atoms with Crippen molar-refractivity contribution in [1.29, 1.82) is 0 Å². The van der Waals surface area contributed by atoms with E-state index >= 15 is 0 Å². The van der Waals surface area contributed by atoms with Gasteiger partial charge in [-0.05, 0) is 49.3 Å². The first-order valence-corrected chi connectivity index (χ1v) is 14.8. The van der Waals surface area contributed by atoms with Gasteiger partial charge in [0.25, 0.3) is 11.5 Å². The summed E-state index contributed by atoms with van der Waals surface area (Å²) in [5.41, 5.74) is -1.77. The summed E-state index contributed by atoms with van der Waals surface area (Å²) in [5, 5.41) is 16.3. The molecule has 3 aliphatic heterocycles. The lowest BCUT2D eigenvalue weighted by Crippen LogP contribution is -2.57. The molecule has 232 valence electrons. The van der Waals surface area contributed by atoms with Crippen molar-refractivity contribution in [2.24, 2.45) is 13.0 Å². The van der Waals surface area contributed by atoms with Crippen molar-refractivity contribution in [2.45, 2.75) is 50.9 Å². The van der Waals surface area contributed by atoms with Crippen LogP contribution in [0.2, 0.25) is 0 Å². The molecule has 2 fully saturated rings. The number of imidazole rings is 1. The van der Waals surface area contributed by atoms with E-state index < -0.39 is 46.1 Å². The smallest absolute Gasteiger partial charge is 0.311 e. The molecule has 7 rings (SSSR count). The van der Waals surface area contributed by atoms with E-state index in [9.17, 15) is 28.7 Å². The minimum atomic E-state index is -1.15. The molecule has 2 aromatic heterocycles. The fraction of sp³-hybridized carbons (Fsp3) is 0.467. The fourth-order valence-electron chi connectivity index (χ4n) is 6.39. The van der Waals surface area contributed by atoms with E-state index in [-0.39, 0.29) is 24.8 Å². The summed E-state index contributed by atoms with van der Waals surface area (Å²) in [6.07, 6.45) is 5.84. The van der Waals surface area contributed by atoms with Crippen molar-refractivity contribution in [1.82, 2.24) is 39.5 Å². The van der Waals surface area contributed by atoms with Gasteiger partial charge in [0.05, 0.1) is 12.1 Å². The molecule has 0 unspecified atom stereocenters. The maximum atomic E-state index is 13.5. The number of nitrogens with zero attached hydrogens (tertiary/aromatic N) is 6. The number of carbonyl (C=O) groups is 3. The van der Waals surface area contributed by atoms with Gasteiger partial charge in [-0.3, -0.25) is 28.6 Å². The molecule has 1 saturated carbocycles. The van der Waals surface area contributed by atoms with Gasteiger partial charge in [-0.1, -0.05) is 12.1 Å². The molecule has 4 aliphatic rings. The van der Waals surface area contributed by atoms with Gasteiger partial charge in [-0.2, -0.15) is 0 Å². The van der Waals surface area contributed by atoms with E-state index in [2.05, 4.69) is 25.5 Å². The SMILES string of the molecule is Cn1ccnc1CN1CCN(C(=O)C(=O)NC23CCC(CC2)Cn2c3nc(C(=O)NCc3ccc(F)cc3)c(O)c2=O)CC1. The van der Waals surface area contributed by atoms with E-state index in [0.717, 1.165) is 5.82 Å². The lowest BCUT2D eigenvalue weighted by molar-refractivity contribution is -0.148. The molecule has 0 radical (unpaired) electrons. The van der Waals surface area contributed by atoms with Gasteiger partial charge in [0.2, 0.25) is 5.75 Å². The van der Waals surface area contributed by atoms with Gasteiger partial charge in [0.15, 0.2) is 5.69 Å². The third-order valence-electron chi connectivity index (χ3n) is 9.05. The number of halogens is 1. The molecule has 14 heteroatoms. The summed E-state index contributed by atoms with van der Waals surface area (Å²) in [6, 6.07) is 5.54. The summed E-state index contributed by atoms with van der Waals surface area (Å²) in [7, 11) is 1.93. The highest BCUT2D eigenvalue weighted by molar-refractivity contribution is 6.35. The van der Waals surface area contributed by atoms with Crippen LogP contribution >= 0.6 is 0 Å². The number of hydrogen-bond acceptors (Lipinski definition) is 8. The van der Waals surface area contributed by atoms with E-state index in [4.69, 9.17) is 0 Å². The number of fused-ring (bicyclic) bond motifs is 2. The highest BCUT2D eigenvalue weighted by Crippen LogP contribution is 2.43. The molecule has 0 atom stereocenters. The average molecular weight is 607 g/mol. The third kappa shape index (κ3) is 5.68. The first kappa shape index (κ1) is 29.5. The summed E-state index contributed by atoms with van der Waals surface area (Å²) in [4.78, 5) is 65.8. The zero-order chi connectivity index (χ0) is 31.0. The molecule has 1 aliphatic carbocycles. The Kier molecular flexibility index (Phi) is 7.93. The number of amides is 3. The Balaban J connectivity index is 1.19. The number of benzene rings is 1. The monoisotopic (exact) mass is 606 g/mol. The van der Waals surface area contributed by atoms with E-state index in [1.807, 2.05) is 17.8 Å². The molecule has 1 aromatic carbocycles. The van der Waals surface area contributed by atoms with Crippen LogP contribution in [-0.4, -0.2) is 77.9 Å². The molecule has 2 bridgehead atoms. The number of hydrogen-bond donors (Lipinski definition) is 3. The third-order valence-corrected chi connectivity index (χ3v) is 9.05. The second-order valence-electron chi connectivity index (χ2n) is 11.9. The van der Waals surface area contributed by atoms with Crippen LogP contribution in [0.4, 0.5) is 4.39 Å². The first-order valence-electron chi connectivity index (χ1n) is 14.8. The predicted octanol–water partition coefficient (Wildman–Crippen LogP) is 0.611. The van der Waals surface area contributed by atoms with Gasteiger partial charge in [-0.15, -0.1) is 0 Å². The Morgan fingerprint density at radius 2 is 1.80 bits per heavy atom. The van der Waals surface area contributed by atoms with Crippen LogP contribution in [0.25, 0.3) is 0 Å². The molecule has 3 amide bonds. The number of aromatic nitrogens is 4. The van der Waals surface area contributed by atoms with Crippen LogP contribution in [0.3, 0.4) is 0 Å². The van der Waals surface area contributed by atoms with Gasteiger partial charge in [-0.25, -0.2) is 14.4 Å². The number of piperazine rings is 1. The number of carbonyl (C=O) groups excluding carboxylic acids is 3. The van der Waals surface area contributed by atoms with E-state index in [1.54, 1.807) is 6.20 Å². The number of nitrogens with one attached hydrogen (secondary N) is 2. The van der Waals surface area contributed by atoms with Crippen molar-refractivity contribution in [2.75, 3.05) is 26.2 Å². The standard InChI is InChI=1S/C30H35FN8O5/c1-36-11-10-32-22(36)18-37-12-14-38(15-13-37)28(44)26(42)35-30-8-6-20(7-9-30)17-39-27(43)24(40)23(34-29(30)39)25(41)33-16-19-2-4-21(31)5-3-19/h2-5,10-11,20,40H,6-9,12-18H2,1H3,(H,33,41)(H,35,42). The normalized spacial score (nSPS) is 21.4. The summed E-state index contributed by atoms with van der Waals surface area (Å²) in [6.45, 7) is 2.90. The van der Waals surface area contributed by atoms with Gasteiger partial charge in [0, 0.05) is 58.7 Å². The average Bonchev–Trinajstić information content (AvgIpc) is 3.28. The van der Waals surface area contributed by atoms with Crippen molar-refractivity contribution in [3.8, 4) is 5.75 Å². The second kappa shape index (κ2) is 11.8. The van der Waals surface area contributed by atoms with Crippen LogP contribution in [0.1, 0.15) is 53.4 Å². The number of aryl methyl sites for hydroxylation is 1. The van der Waals surface area contributed by atoms with Crippen LogP contribution in [0.5, 0.6) is 5.75 Å². The van der Waals surface area contributed by atoms with Crippen LogP contribution in [0.15, 0.2) is 41.5 Å². The summed E-state index contributed by atoms with van der Waals surface area (Å²) >= 11 is 0. The minimum Gasteiger partial charge on any atom is -0.501 e. The summed E-state index contributed by atoms with van der Waals surface area (Å²) in [5.74, 6) is -2.23. The molecule has 5 heterocycles. The molecular weight excluding hydrogens is 571 g/mol. The highest BCUT2D eigenvalue weighted by atomic mass is 19.1. The Morgan fingerprint density at radius 3 is 2.45 bits per heavy atom. The van der Waals surface area contributed by atoms with Crippen molar-refractivity contribution >= 4 is 17.7 Å². The molecule has 1 saturated heterocycles. The summed E-state index contributed by atoms with van der Waals surface area (Å²) < 4.78 is 16.5. The highest BCUT2D eigenvalue weighted by Gasteiger charge is 2.47. The quantitative estimate of drug-likeness (QED) is 0.345. The Morgan fingerprint density at radius 1 is 1.09 bits per heavy atom. The van der Waals surface area contributed by atoms with Gasteiger partial charge in [0.1, 0.15) is 17.5 Å². The van der Waals surface area contributed by atoms with Crippen LogP contribution < -0.4 is 16.2 Å². The topological polar surface area (TPSA) is 155 Å². The number of aromatic hydroxyl groups is 1. The van der Waals surface area contributed by atoms with E-state index in [0.29, 0.717) is 64.0 Å². The zero-order valence-corrected chi connectivity index (χ0v) is 24.5. The molecule has 3 N–H and O–H groups in total. The Labute approximate surface area is 252 Å². The minimum absolute atomic E-state index is 0.0199. The molecular formula is C30H35FN8O5. The molecule has 44 heavy (non-hydrogen) atoms. The maximum Gasteiger partial charge on any atom is 0.311 e. The molecule has 3 aromatic rings. The maximum absolute atomic E-state index is 13.5. The molecule has 13 nitrogen and oxygen atoms in total. The van der Waals surface area contributed by atoms with Crippen molar-refractivity contribution in [3.05, 3.63) is 75.7 Å². The Hall–Kier alpha value is -4.59. The zero-order valence-electron chi connectivity index (χ0n) is 24.5. The van der Waals surface area contributed by atoms with Crippen molar-refractivity contribution < 1.29 is 23.9 Å². The Bertz CT molecular complexity index is 1640. The van der Waals surface area contributed by atoms with E-state index in [1.165, 1.54) is 33.7 Å². The molecule has 0 spiro atoms. The van der Waals surface area contributed by atoms with Crippen LogP contribution in [-0.2, 0) is 41.8 Å². The lowest BCUT2D eigenvalue weighted by Gasteiger charge is -2.38. The van der Waals surface area contributed by atoms with Gasteiger partial charge < -0.3 is 25.2 Å². The second-order valence-corrected chi connectivity index (χ2v) is 11.9. The fourth-order valence-corrected chi connectivity index (χ4v) is 6.39. The number of rotatable bonds is 6. The predicted molar refractivity (Wildman–Crippen MR) is 155 cm³/mol. The first-order chi connectivity index (χ1) is 21.1. The lowest BCUT2D eigenvalue weighted by atomic mass is 9.77.